The summed E-state index contributed by atoms with van der Waals surface area (Å²) in [4.78, 5) is 16.4. The van der Waals surface area contributed by atoms with Gasteiger partial charge in [-0.05, 0) is 29.8 Å². The van der Waals surface area contributed by atoms with Crippen LogP contribution in [0.15, 0.2) is 41.4 Å². The van der Waals surface area contributed by atoms with E-state index in [1.54, 1.807) is 18.2 Å². The van der Waals surface area contributed by atoms with Crippen molar-refractivity contribution in [2.45, 2.75) is 37.3 Å². The summed E-state index contributed by atoms with van der Waals surface area (Å²) in [5.41, 5.74) is 1.34. The van der Waals surface area contributed by atoms with Gasteiger partial charge in [-0.25, -0.2) is 22.2 Å². The van der Waals surface area contributed by atoms with Gasteiger partial charge in [0.1, 0.15) is 17.5 Å². The average Bonchev–Trinajstić information content (AvgIpc) is 2.65. The molecule has 0 aliphatic carbocycles. The van der Waals surface area contributed by atoms with Crippen LogP contribution in [-0.4, -0.2) is 30.8 Å². The number of alkyl halides is 1. The zero-order chi connectivity index (χ0) is 22.3. The van der Waals surface area contributed by atoms with Gasteiger partial charge in [0, 0.05) is 23.4 Å². The van der Waals surface area contributed by atoms with Crippen molar-refractivity contribution in [2.24, 2.45) is 0 Å². The summed E-state index contributed by atoms with van der Waals surface area (Å²) in [5, 5.41) is 3.51. The van der Waals surface area contributed by atoms with E-state index in [-0.39, 0.29) is 17.5 Å². The number of hydrogen-bond acceptors (Lipinski definition) is 5. The number of halogens is 2. The normalized spacial score (nSPS) is 11.8. The molecule has 0 saturated carbocycles. The lowest BCUT2D eigenvalue weighted by molar-refractivity contribution is -0.116. The van der Waals surface area contributed by atoms with Crippen molar-refractivity contribution in [2.75, 3.05) is 11.0 Å². The Kier molecular flexibility index (Phi) is 8.36. The Hall–Kier alpha value is -2.46. The highest BCUT2D eigenvalue weighted by Gasteiger charge is 2.10. The maximum Gasteiger partial charge on any atom is 0.244 e. The van der Waals surface area contributed by atoms with Crippen molar-refractivity contribution in [3.63, 3.8) is 0 Å². The lowest BCUT2D eigenvalue weighted by Gasteiger charge is -2.09. The first-order valence-corrected chi connectivity index (χ1v) is 11.8. The number of aromatic nitrogens is 1. The molecule has 0 aliphatic rings. The largest absolute Gasteiger partial charge is 0.348 e. The highest BCUT2D eigenvalue weighted by atomic mass is 32.2. The molecular formula is C20H23F2N3O3S2. The van der Waals surface area contributed by atoms with Gasteiger partial charge in [0.05, 0.1) is 17.6 Å². The number of pyridine rings is 1. The number of carbonyl (C=O) groups is 1. The standard InChI is InChI=1S/C20H23F2N3O3S2/c1-13(2)29-20-15(5-7-16(11-21)24-20)6-9-19(26)23-12-14-4-8-18(17(22)10-14)25-30(3,27)28/h4-10,13,25H,11-12H2,1-3H3,(H,23,26)/b9-6+. The summed E-state index contributed by atoms with van der Waals surface area (Å²) in [6.45, 7) is 3.38. The summed E-state index contributed by atoms with van der Waals surface area (Å²) >= 11 is 1.47. The molecule has 1 amide bonds. The molecule has 162 valence electrons. The Bertz CT molecular complexity index is 1040. The number of rotatable bonds is 9. The molecular weight excluding hydrogens is 432 g/mol. The second-order valence-electron chi connectivity index (χ2n) is 6.74. The monoisotopic (exact) mass is 455 g/mol. The summed E-state index contributed by atoms with van der Waals surface area (Å²) in [6, 6.07) is 7.23. The predicted molar refractivity (Wildman–Crippen MR) is 116 cm³/mol. The molecule has 6 nitrogen and oxygen atoms in total. The second kappa shape index (κ2) is 10.5. The minimum absolute atomic E-state index is 0.0614. The number of nitrogens with zero attached hydrogens (tertiary/aromatic N) is 1. The highest BCUT2D eigenvalue weighted by Crippen LogP contribution is 2.26. The molecule has 0 saturated heterocycles. The Morgan fingerprint density at radius 2 is 2.00 bits per heavy atom. The maximum absolute atomic E-state index is 14.0. The first-order chi connectivity index (χ1) is 14.1. The number of hydrogen-bond donors (Lipinski definition) is 2. The van der Waals surface area contributed by atoms with Gasteiger partial charge in [-0.1, -0.05) is 26.0 Å². The van der Waals surface area contributed by atoms with Crippen molar-refractivity contribution < 1.29 is 22.0 Å². The molecule has 0 unspecified atom stereocenters. The van der Waals surface area contributed by atoms with Gasteiger partial charge in [0.25, 0.3) is 0 Å². The SMILES string of the molecule is CC(C)Sc1nc(CF)ccc1/C=C/C(=O)NCc1ccc(NS(C)(=O)=O)c(F)c1. The van der Waals surface area contributed by atoms with Crippen molar-refractivity contribution in [3.05, 3.63) is 59.0 Å². The molecule has 0 bridgehead atoms. The van der Waals surface area contributed by atoms with Gasteiger partial charge in [-0.2, -0.15) is 0 Å². The third kappa shape index (κ3) is 7.75. The number of carbonyl (C=O) groups excluding carboxylic acids is 1. The quantitative estimate of drug-likeness (QED) is 0.442. The smallest absolute Gasteiger partial charge is 0.244 e. The number of sulfonamides is 1. The number of thioether (sulfide) groups is 1. The molecule has 2 N–H and O–H groups in total. The van der Waals surface area contributed by atoms with Gasteiger partial charge in [0.2, 0.25) is 15.9 Å². The van der Waals surface area contributed by atoms with Crippen LogP contribution in [-0.2, 0) is 28.0 Å². The zero-order valence-electron chi connectivity index (χ0n) is 16.8. The molecule has 10 heteroatoms. The number of nitrogens with one attached hydrogen (secondary N) is 2. The Balaban J connectivity index is 2.02. The second-order valence-corrected chi connectivity index (χ2v) is 10.1. The van der Waals surface area contributed by atoms with Crippen LogP contribution in [0, 0.1) is 5.82 Å². The molecule has 2 rings (SSSR count). The van der Waals surface area contributed by atoms with E-state index >= 15 is 0 Å². The van der Waals surface area contributed by atoms with E-state index in [0.29, 0.717) is 21.8 Å². The molecule has 0 aliphatic heterocycles. The lowest BCUT2D eigenvalue weighted by Crippen LogP contribution is -2.20. The summed E-state index contributed by atoms with van der Waals surface area (Å²) in [5.74, 6) is -1.14. The third-order valence-electron chi connectivity index (χ3n) is 3.64. The van der Waals surface area contributed by atoms with E-state index in [1.165, 1.54) is 30.0 Å². The van der Waals surface area contributed by atoms with E-state index in [9.17, 15) is 22.0 Å². The van der Waals surface area contributed by atoms with Gasteiger partial charge in [0.15, 0.2) is 0 Å². The third-order valence-corrected chi connectivity index (χ3v) is 5.25. The van der Waals surface area contributed by atoms with E-state index in [0.717, 1.165) is 12.3 Å². The van der Waals surface area contributed by atoms with Gasteiger partial charge < -0.3 is 5.32 Å². The fraction of sp³-hybridized carbons (Fsp3) is 0.300. The molecule has 1 heterocycles. The van der Waals surface area contributed by atoms with E-state index in [1.807, 2.05) is 13.8 Å². The predicted octanol–water partition coefficient (Wildman–Crippen LogP) is 3.89. The Labute approximate surface area is 179 Å². The summed E-state index contributed by atoms with van der Waals surface area (Å²) < 4.78 is 51.3. The van der Waals surface area contributed by atoms with Crippen molar-refractivity contribution in [3.8, 4) is 0 Å². The molecule has 1 aromatic carbocycles. The van der Waals surface area contributed by atoms with E-state index in [4.69, 9.17) is 0 Å². The fourth-order valence-corrected chi connectivity index (χ4v) is 3.83. The molecule has 0 radical (unpaired) electrons. The number of anilines is 1. The molecule has 2 aromatic rings. The minimum Gasteiger partial charge on any atom is -0.348 e. The lowest BCUT2D eigenvalue weighted by atomic mass is 10.2. The van der Waals surface area contributed by atoms with Crippen LogP contribution in [0.4, 0.5) is 14.5 Å². The topological polar surface area (TPSA) is 88.2 Å². The Morgan fingerprint density at radius 1 is 1.27 bits per heavy atom. The van der Waals surface area contributed by atoms with Gasteiger partial charge >= 0.3 is 0 Å². The molecule has 0 fully saturated rings. The fourth-order valence-electron chi connectivity index (χ4n) is 2.37. The van der Waals surface area contributed by atoms with Gasteiger partial charge in [-0.3, -0.25) is 9.52 Å². The summed E-state index contributed by atoms with van der Waals surface area (Å²) in [7, 11) is -3.58. The van der Waals surface area contributed by atoms with Crippen LogP contribution in [0.2, 0.25) is 0 Å². The zero-order valence-corrected chi connectivity index (χ0v) is 18.4. The van der Waals surface area contributed by atoms with E-state index < -0.39 is 28.4 Å². The Morgan fingerprint density at radius 3 is 2.60 bits per heavy atom. The minimum atomic E-state index is -3.58. The maximum atomic E-state index is 14.0. The molecule has 1 aromatic heterocycles. The molecule has 0 atom stereocenters. The van der Waals surface area contributed by atoms with Crippen LogP contribution in [0.25, 0.3) is 6.08 Å². The van der Waals surface area contributed by atoms with Crippen LogP contribution >= 0.6 is 11.8 Å². The van der Waals surface area contributed by atoms with E-state index in [2.05, 4.69) is 15.0 Å². The first-order valence-electron chi connectivity index (χ1n) is 9.02. The highest BCUT2D eigenvalue weighted by molar-refractivity contribution is 7.99. The van der Waals surface area contributed by atoms with Crippen molar-refractivity contribution in [1.29, 1.82) is 0 Å². The summed E-state index contributed by atoms with van der Waals surface area (Å²) in [6.07, 6.45) is 3.85. The van der Waals surface area contributed by atoms with Crippen LogP contribution in [0.5, 0.6) is 0 Å². The number of amides is 1. The average molecular weight is 456 g/mol. The molecule has 30 heavy (non-hydrogen) atoms. The van der Waals surface area contributed by atoms with Crippen molar-refractivity contribution in [1.82, 2.24) is 10.3 Å². The van der Waals surface area contributed by atoms with Crippen LogP contribution in [0.3, 0.4) is 0 Å². The van der Waals surface area contributed by atoms with Crippen LogP contribution in [0.1, 0.15) is 30.7 Å². The molecule has 0 spiro atoms. The first kappa shape index (κ1) is 23.8. The van der Waals surface area contributed by atoms with Crippen molar-refractivity contribution >= 4 is 39.5 Å². The van der Waals surface area contributed by atoms with Gasteiger partial charge in [-0.15, -0.1) is 11.8 Å². The van der Waals surface area contributed by atoms with Crippen LogP contribution < -0.4 is 10.0 Å². The number of benzene rings is 1.